The summed E-state index contributed by atoms with van der Waals surface area (Å²) in [6, 6.07) is 5.04. The first-order valence-corrected chi connectivity index (χ1v) is 7.64. The number of nitrogens with zero attached hydrogens (tertiary/aromatic N) is 2. The first-order valence-electron chi connectivity index (χ1n) is 7.64. The van der Waals surface area contributed by atoms with Gasteiger partial charge >= 0.3 is 16.9 Å². The molecule has 0 aliphatic carbocycles. The third kappa shape index (κ3) is 3.94. The van der Waals surface area contributed by atoms with Gasteiger partial charge in [0.1, 0.15) is 11.4 Å². The predicted molar refractivity (Wildman–Crippen MR) is 94.9 cm³/mol. The highest BCUT2D eigenvalue weighted by Gasteiger charge is 2.18. The molecular weight excluding hydrogens is 328 g/mol. The summed E-state index contributed by atoms with van der Waals surface area (Å²) in [6.07, 6.45) is 2.60. The Morgan fingerprint density at radius 3 is 2.44 bits per heavy atom. The minimum atomic E-state index is -1.09. The fourth-order valence-corrected chi connectivity index (χ4v) is 2.43. The second kappa shape index (κ2) is 7.47. The normalized spacial score (nSPS) is 11.0. The van der Waals surface area contributed by atoms with E-state index in [1.165, 1.54) is 12.2 Å². The first-order chi connectivity index (χ1) is 11.9. The number of anilines is 1. The van der Waals surface area contributed by atoms with Crippen LogP contribution in [0.3, 0.4) is 0 Å². The van der Waals surface area contributed by atoms with E-state index in [2.05, 4.69) is 4.98 Å². The number of aromatic hydroxyl groups is 1. The first kappa shape index (κ1) is 18.0. The van der Waals surface area contributed by atoms with Crippen molar-refractivity contribution in [3.05, 3.63) is 60.4 Å². The van der Waals surface area contributed by atoms with Gasteiger partial charge in [0.15, 0.2) is 0 Å². The van der Waals surface area contributed by atoms with Crippen LogP contribution in [0.5, 0.6) is 5.75 Å². The third-order valence-electron chi connectivity index (χ3n) is 3.70. The molecule has 0 radical (unpaired) electrons. The zero-order valence-corrected chi connectivity index (χ0v) is 13.8. The molecule has 0 aliphatic rings. The number of phenols is 1. The molecule has 0 atom stereocenters. The zero-order chi connectivity index (χ0) is 18.6. The standard InChI is InChI=1S/C16H18N4O5/c1-3-19(4-2)11-7-5-10(13(21)9-11)6-8-12-14(20(24)25)15(22)18-16(23)17-12/h5-9,21H,3-4H2,1-2H3,(H2,17,18,22,23)/b8-6+. The largest absolute Gasteiger partial charge is 0.507 e. The van der Waals surface area contributed by atoms with Crippen molar-refractivity contribution in [2.45, 2.75) is 13.8 Å². The summed E-state index contributed by atoms with van der Waals surface area (Å²) in [5.74, 6) is -0.0181. The Labute approximate surface area is 142 Å². The minimum absolute atomic E-state index is 0.0181. The van der Waals surface area contributed by atoms with E-state index >= 15 is 0 Å². The average Bonchev–Trinajstić information content (AvgIpc) is 2.54. The lowest BCUT2D eigenvalue weighted by molar-refractivity contribution is -0.386. The number of benzene rings is 1. The molecule has 132 valence electrons. The van der Waals surface area contributed by atoms with Gasteiger partial charge in [0.2, 0.25) is 0 Å². The Hall–Kier alpha value is -3.36. The molecule has 1 heterocycles. The summed E-state index contributed by atoms with van der Waals surface area (Å²) in [6.45, 7) is 5.56. The van der Waals surface area contributed by atoms with E-state index in [4.69, 9.17) is 0 Å². The van der Waals surface area contributed by atoms with Crippen LogP contribution in [0.2, 0.25) is 0 Å². The van der Waals surface area contributed by atoms with Gasteiger partial charge in [0.25, 0.3) is 0 Å². The lowest BCUT2D eigenvalue weighted by Crippen LogP contribution is -2.25. The Bertz CT molecular complexity index is 925. The second-order valence-corrected chi connectivity index (χ2v) is 5.18. The van der Waals surface area contributed by atoms with Crippen LogP contribution in [-0.2, 0) is 0 Å². The number of aromatic nitrogens is 2. The number of hydrogen-bond donors (Lipinski definition) is 3. The van der Waals surface area contributed by atoms with Gasteiger partial charge in [-0.1, -0.05) is 0 Å². The second-order valence-electron chi connectivity index (χ2n) is 5.18. The van der Waals surface area contributed by atoms with Gasteiger partial charge < -0.3 is 15.0 Å². The number of nitrogens with one attached hydrogen (secondary N) is 2. The van der Waals surface area contributed by atoms with Crippen LogP contribution in [0, 0.1) is 10.1 Å². The van der Waals surface area contributed by atoms with Crippen molar-refractivity contribution < 1.29 is 10.0 Å². The van der Waals surface area contributed by atoms with Crippen LogP contribution in [-0.4, -0.2) is 33.1 Å². The average molecular weight is 346 g/mol. The van der Waals surface area contributed by atoms with Gasteiger partial charge in [0, 0.05) is 30.4 Å². The van der Waals surface area contributed by atoms with Gasteiger partial charge in [0.05, 0.1) is 4.92 Å². The van der Waals surface area contributed by atoms with E-state index in [-0.39, 0.29) is 11.4 Å². The topological polar surface area (TPSA) is 132 Å². The summed E-state index contributed by atoms with van der Waals surface area (Å²) in [7, 11) is 0. The molecule has 0 unspecified atom stereocenters. The molecule has 9 heteroatoms. The minimum Gasteiger partial charge on any atom is -0.507 e. The van der Waals surface area contributed by atoms with Gasteiger partial charge in [-0.05, 0) is 38.1 Å². The Kier molecular flexibility index (Phi) is 5.38. The van der Waals surface area contributed by atoms with Crippen LogP contribution in [0.1, 0.15) is 25.1 Å². The molecule has 9 nitrogen and oxygen atoms in total. The molecule has 0 bridgehead atoms. The fourth-order valence-electron chi connectivity index (χ4n) is 2.43. The van der Waals surface area contributed by atoms with Crippen molar-refractivity contribution in [2.75, 3.05) is 18.0 Å². The maximum atomic E-state index is 11.6. The summed E-state index contributed by atoms with van der Waals surface area (Å²) in [4.78, 5) is 39.1. The van der Waals surface area contributed by atoms with E-state index in [0.29, 0.717) is 5.56 Å². The van der Waals surface area contributed by atoms with E-state index in [0.717, 1.165) is 18.8 Å². The number of nitro groups is 1. The summed E-state index contributed by atoms with van der Waals surface area (Å²) in [5.41, 5.74) is -1.71. The van der Waals surface area contributed by atoms with Gasteiger partial charge in [-0.15, -0.1) is 0 Å². The zero-order valence-electron chi connectivity index (χ0n) is 13.8. The molecule has 1 aromatic carbocycles. The van der Waals surface area contributed by atoms with Gasteiger partial charge in [-0.2, -0.15) is 0 Å². The quantitative estimate of drug-likeness (QED) is 0.538. The van der Waals surface area contributed by atoms with Crippen LogP contribution in [0.25, 0.3) is 12.2 Å². The maximum Gasteiger partial charge on any atom is 0.357 e. The van der Waals surface area contributed by atoms with Crippen molar-refractivity contribution in [3.63, 3.8) is 0 Å². The molecule has 0 saturated heterocycles. The summed E-state index contributed by atoms with van der Waals surface area (Å²) >= 11 is 0. The van der Waals surface area contributed by atoms with Crippen molar-refractivity contribution in [1.82, 2.24) is 9.97 Å². The van der Waals surface area contributed by atoms with Gasteiger partial charge in [-0.3, -0.25) is 19.9 Å². The molecule has 0 amide bonds. The van der Waals surface area contributed by atoms with Crippen molar-refractivity contribution >= 4 is 23.5 Å². The highest BCUT2D eigenvalue weighted by atomic mass is 16.6. The predicted octanol–water partition coefficient (Wildman–Crippen LogP) is 1.69. The monoisotopic (exact) mass is 346 g/mol. The third-order valence-corrected chi connectivity index (χ3v) is 3.70. The van der Waals surface area contributed by atoms with Crippen molar-refractivity contribution in [3.8, 4) is 5.75 Å². The lowest BCUT2D eigenvalue weighted by atomic mass is 10.1. The van der Waals surface area contributed by atoms with Crippen LogP contribution < -0.4 is 16.1 Å². The molecular formula is C16H18N4O5. The number of rotatable bonds is 6. The molecule has 25 heavy (non-hydrogen) atoms. The highest BCUT2D eigenvalue weighted by molar-refractivity contribution is 5.75. The lowest BCUT2D eigenvalue weighted by Gasteiger charge is -2.21. The van der Waals surface area contributed by atoms with Gasteiger partial charge in [-0.25, -0.2) is 4.79 Å². The number of aromatic amines is 2. The molecule has 3 N–H and O–H groups in total. The number of hydrogen-bond acceptors (Lipinski definition) is 6. The van der Waals surface area contributed by atoms with E-state index < -0.39 is 21.9 Å². The van der Waals surface area contributed by atoms with Crippen LogP contribution >= 0.6 is 0 Å². The summed E-state index contributed by atoms with van der Waals surface area (Å²) < 4.78 is 0. The molecule has 2 aromatic rings. The molecule has 0 fully saturated rings. The van der Waals surface area contributed by atoms with E-state index in [1.54, 1.807) is 23.2 Å². The molecule has 0 aliphatic heterocycles. The Morgan fingerprint density at radius 2 is 1.88 bits per heavy atom. The number of phenolic OH excluding ortho intramolecular Hbond substituents is 1. The number of H-pyrrole nitrogens is 2. The molecule has 1 aromatic heterocycles. The van der Waals surface area contributed by atoms with Crippen molar-refractivity contribution in [1.29, 1.82) is 0 Å². The van der Waals surface area contributed by atoms with Crippen molar-refractivity contribution in [2.24, 2.45) is 0 Å². The molecule has 0 spiro atoms. The summed E-state index contributed by atoms with van der Waals surface area (Å²) in [5, 5.41) is 21.1. The van der Waals surface area contributed by atoms with E-state index in [1.807, 2.05) is 18.7 Å². The maximum absolute atomic E-state index is 11.6. The smallest absolute Gasteiger partial charge is 0.357 e. The fraction of sp³-hybridized carbons (Fsp3) is 0.250. The Morgan fingerprint density at radius 1 is 1.20 bits per heavy atom. The van der Waals surface area contributed by atoms with Crippen LogP contribution in [0.15, 0.2) is 27.8 Å². The van der Waals surface area contributed by atoms with E-state index in [9.17, 15) is 24.8 Å². The SMILES string of the molecule is CCN(CC)c1ccc(/C=C/c2[nH]c(=O)[nH]c(=O)c2[N+](=O)[O-])c(O)c1. The highest BCUT2D eigenvalue weighted by Crippen LogP contribution is 2.26. The van der Waals surface area contributed by atoms with Crippen LogP contribution in [0.4, 0.5) is 11.4 Å². The molecule has 0 saturated carbocycles. The molecule has 2 rings (SSSR count). The Balaban J connectivity index is 2.42.